The SMILES string of the molecule is CC(C)CC(C)CO.CC(C)CCCC(C)CO.CCC(CO)C(C)C.CCCC(C)CC(C)CO.CCCC(C)CCO. The topological polar surface area (TPSA) is 101 Å². The van der Waals surface area contributed by atoms with Crippen LogP contribution in [0, 0.1) is 53.3 Å². The first kappa shape index (κ1) is 53.3. The molecule has 6 unspecified atom stereocenters. The Morgan fingerprint density at radius 1 is 0.409 bits per heavy atom. The molecule has 0 spiro atoms. The summed E-state index contributed by atoms with van der Waals surface area (Å²) in [5, 5.41) is 43.2. The van der Waals surface area contributed by atoms with E-state index in [2.05, 4.69) is 96.9 Å². The Kier molecular flexibility index (Phi) is 49.4. The van der Waals surface area contributed by atoms with Gasteiger partial charge in [0.15, 0.2) is 0 Å². The molecule has 5 nitrogen and oxygen atoms in total. The van der Waals surface area contributed by atoms with Gasteiger partial charge in [-0.05, 0) is 78.9 Å². The van der Waals surface area contributed by atoms with Crippen LogP contribution in [-0.4, -0.2) is 58.6 Å². The van der Waals surface area contributed by atoms with Crippen molar-refractivity contribution in [1.29, 1.82) is 0 Å². The maximum atomic E-state index is 8.75. The summed E-state index contributed by atoms with van der Waals surface area (Å²) in [5.41, 5.74) is 0. The van der Waals surface area contributed by atoms with Gasteiger partial charge in [0.1, 0.15) is 0 Å². The van der Waals surface area contributed by atoms with E-state index >= 15 is 0 Å². The minimum Gasteiger partial charge on any atom is -0.396 e. The van der Waals surface area contributed by atoms with E-state index in [0.29, 0.717) is 68.5 Å². The highest BCUT2D eigenvalue weighted by Gasteiger charge is 2.08. The molecule has 0 aromatic heterocycles. The summed E-state index contributed by atoms with van der Waals surface area (Å²) in [6.07, 6.45) is 13.1. The molecule has 0 rings (SSSR count). The lowest BCUT2D eigenvalue weighted by molar-refractivity contribution is 0.186. The summed E-state index contributed by atoms with van der Waals surface area (Å²) in [6, 6.07) is 0. The molecule has 0 aliphatic carbocycles. The van der Waals surface area contributed by atoms with Gasteiger partial charge in [-0.1, -0.05) is 142 Å². The summed E-state index contributed by atoms with van der Waals surface area (Å²) in [4.78, 5) is 0. The van der Waals surface area contributed by atoms with Gasteiger partial charge in [0.25, 0.3) is 0 Å². The zero-order valence-corrected chi connectivity index (χ0v) is 32.7. The number of hydrogen-bond acceptors (Lipinski definition) is 5. The highest BCUT2D eigenvalue weighted by Crippen LogP contribution is 2.16. The lowest BCUT2D eigenvalue weighted by Crippen LogP contribution is -2.11. The first-order valence-corrected chi connectivity index (χ1v) is 18.6. The quantitative estimate of drug-likeness (QED) is 0.0915. The van der Waals surface area contributed by atoms with E-state index in [1.54, 1.807) is 0 Å². The van der Waals surface area contributed by atoms with Crippen LogP contribution in [0.2, 0.25) is 0 Å². The Balaban J connectivity index is -0.000000145. The van der Waals surface area contributed by atoms with E-state index in [0.717, 1.165) is 37.0 Å². The summed E-state index contributed by atoms with van der Waals surface area (Å²) in [6.45, 7) is 32.0. The third-order valence-corrected chi connectivity index (χ3v) is 7.98. The molecule has 0 aromatic rings. The molecule has 0 radical (unpaired) electrons. The Morgan fingerprint density at radius 2 is 0.864 bits per heavy atom. The summed E-state index contributed by atoms with van der Waals surface area (Å²) in [5.74, 6) is 5.63. The minimum atomic E-state index is 0.332. The largest absolute Gasteiger partial charge is 0.396 e. The average molecular weight is 637 g/mol. The molecule has 0 fully saturated rings. The maximum Gasteiger partial charge on any atom is 0.0461 e. The summed E-state index contributed by atoms with van der Waals surface area (Å²) < 4.78 is 0. The third-order valence-electron chi connectivity index (χ3n) is 7.98. The fraction of sp³-hybridized carbons (Fsp3) is 1.00. The number of rotatable bonds is 20. The van der Waals surface area contributed by atoms with Crippen molar-refractivity contribution in [3.63, 3.8) is 0 Å². The minimum absolute atomic E-state index is 0.332. The van der Waals surface area contributed by atoms with Crippen molar-refractivity contribution in [3.05, 3.63) is 0 Å². The average Bonchev–Trinajstić information content (AvgIpc) is 2.94. The van der Waals surface area contributed by atoms with E-state index < -0.39 is 0 Å². The molecule has 0 aromatic carbocycles. The smallest absolute Gasteiger partial charge is 0.0461 e. The van der Waals surface area contributed by atoms with E-state index in [4.69, 9.17) is 25.5 Å². The van der Waals surface area contributed by atoms with Gasteiger partial charge in [-0.3, -0.25) is 0 Å². The van der Waals surface area contributed by atoms with Gasteiger partial charge < -0.3 is 25.5 Å². The van der Waals surface area contributed by atoms with Crippen LogP contribution >= 0.6 is 0 Å². The van der Waals surface area contributed by atoms with Gasteiger partial charge in [0.2, 0.25) is 0 Å². The highest BCUT2D eigenvalue weighted by molar-refractivity contribution is 4.58. The van der Waals surface area contributed by atoms with Crippen LogP contribution in [0.15, 0.2) is 0 Å². The fourth-order valence-electron chi connectivity index (χ4n) is 4.89. The van der Waals surface area contributed by atoms with E-state index in [-0.39, 0.29) is 0 Å². The van der Waals surface area contributed by atoms with Crippen molar-refractivity contribution in [2.75, 3.05) is 33.0 Å². The molecular weight excluding hydrogens is 548 g/mol. The molecule has 0 aliphatic rings. The molecular formula is C39H88O5. The first-order chi connectivity index (χ1) is 20.6. The second kappa shape index (κ2) is 40.8. The van der Waals surface area contributed by atoms with Crippen LogP contribution in [0.3, 0.4) is 0 Å². The lowest BCUT2D eigenvalue weighted by atomic mass is 9.94. The highest BCUT2D eigenvalue weighted by atomic mass is 16.3. The molecule has 0 saturated heterocycles. The molecule has 274 valence electrons. The zero-order chi connectivity index (χ0) is 35.5. The molecule has 0 heterocycles. The second-order valence-corrected chi connectivity index (χ2v) is 14.9. The lowest BCUT2D eigenvalue weighted by Gasteiger charge is -2.14. The predicted molar refractivity (Wildman–Crippen MR) is 197 cm³/mol. The van der Waals surface area contributed by atoms with Crippen LogP contribution in [0.25, 0.3) is 0 Å². The zero-order valence-electron chi connectivity index (χ0n) is 32.7. The van der Waals surface area contributed by atoms with Gasteiger partial charge in [-0.2, -0.15) is 0 Å². The molecule has 0 bridgehead atoms. The summed E-state index contributed by atoms with van der Waals surface area (Å²) in [7, 11) is 0. The molecule has 0 amide bonds. The molecule has 6 atom stereocenters. The van der Waals surface area contributed by atoms with Crippen LogP contribution < -0.4 is 0 Å². The summed E-state index contributed by atoms with van der Waals surface area (Å²) >= 11 is 0. The normalized spacial score (nSPS) is 14.9. The number of aliphatic hydroxyl groups is 5. The van der Waals surface area contributed by atoms with Gasteiger partial charge in [0.05, 0.1) is 0 Å². The van der Waals surface area contributed by atoms with Crippen LogP contribution in [-0.2, 0) is 0 Å². The fourth-order valence-corrected chi connectivity index (χ4v) is 4.89. The molecule has 44 heavy (non-hydrogen) atoms. The van der Waals surface area contributed by atoms with Gasteiger partial charge >= 0.3 is 0 Å². The standard InChI is InChI=1S/2C9H20O.3C7H16O/c1-8(2)5-4-6-9(3)7-10;1-4-5-8(2)6-9(3)7-10;1-6(2)4-7(3)5-8;1-4-7(5-8)6(2)3;1-3-4-7(2)5-6-8/h2*8-10H,4-7H2,1-3H3;2*6-8H,4-5H2,1-3H3;7-8H,3-6H2,1-2H3. The van der Waals surface area contributed by atoms with Crippen LogP contribution in [0.5, 0.6) is 0 Å². The van der Waals surface area contributed by atoms with Crippen molar-refractivity contribution in [3.8, 4) is 0 Å². The number of hydrogen-bond donors (Lipinski definition) is 5. The Bertz CT molecular complexity index is 473. The monoisotopic (exact) mass is 637 g/mol. The van der Waals surface area contributed by atoms with Crippen LogP contribution in [0.1, 0.15) is 168 Å². The maximum absolute atomic E-state index is 8.75. The van der Waals surface area contributed by atoms with E-state index in [1.165, 1.54) is 51.4 Å². The second-order valence-electron chi connectivity index (χ2n) is 14.9. The Hall–Kier alpha value is -0.200. The predicted octanol–water partition coefficient (Wildman–Crippen LogP) is 10.0. The van der Waals surface area contributed by atoms with Gasteiger partial charge in [-0.25, -0.2) is 0 Å². The molecule has 0 saturated carbocycles. The van der Waals surface area contributed by atoms with Gasteiger partial charge in [-0.15, -0.1) is 0 Å². The molecule has 5 N–H and O–H groups in total. The Labute approximate surface area is 279 Å². The van der Waals surface area contributed by atoms with E-state index in [1.807, 2.05) is 0 Å². The Morgan fingerprint density at radius 3 is 1.14 bits per heavy atom. The van der Waals surface area contributed by atoms with Gasteiger partial charge in [0, 0.05) is 33.0 Å². The van der Waals surface area contributed by atoms with Crippen molar-refractivity contribution in [1.82, 2.24) is 0 Å². The van der Waals surface area contributed by atoms with Crippen molar-refractivity contribution >= 4 is 0 Å². The number of aliphatic hydroxyl groups excluding tert-OH is 5. The van der Waals surface area contributed by atoms with Crippen molar-refractivity contribution in [2.24, 2.45) is 53.3 Å². The third kappa shape index (κ3) is 51.4. The van der Waals surface area contributed by atoms with Crippen molar-refractivity contribution < 1.29 is 25.5 Å². The molecule has 0 aliphatic heterocycles. The van der Waals surface area contributed by atoms with E-state index in [9.17, 15) is 0 Å². The molecule has 5 heteroatoms. The van der Waals surface area contributed by atoms with Crippen LogP contribution in [0.4, 0.5) is 0 Å². The van der Waals surface area contributed by atoms with Crippen molar-refractivity contribution in [2.45, 2.75) is 168 Å². The first-order valence-electron chi connectivity index (χ1n) is 18.6.